The van der Waals surface area contributed by atoms with E-state index in [4.69, 9.17) is 23.2 Å². The Morgan fingerprint density at radius 3 is 2.52 bits per heavy atom. The van der Waals surface area contributed by atoms with Crippen LogP contribution in [0.2, 0.25) is 4.47 Å². The van der Waals surface area contributed by atoms with Crippen molar-refractivity contribution in [3.05, 3.63) is 39.8 Å². The highest BCUT2D eigenvalue weighted by Crippen LogP contribution is 2.29. The van der Waals surface area contributed by atoms with E-state index < -0.39 is 11.7 Å². The number of anilines is 1. The van der Waals surface area contributed by atoms with Crippen LogP contribution in [-0.4, -0.2) is 16.7 Å². The van der Waals surface area contributed by atoms with E-state index in [-0.39, 0.29) is 5.75 Å². The number of hydrogen-bond donors (Lipinski definition) is 1. The van der Waals surface area contributed by atoms with Gasteiger partial charge in [-0.3, -0.25) is 0 Å². The monoisotopic (exact) mass is 356 g/mol. The van der Waals surface area contributed by atoms with E-state index >= 15 is 0 Å². The van der Waals surface area contributed by atoms with Gasteiger partial charge in [-0.15, -0.1) is 11.3 Å². The zero-order chi connectivity index (χ0) is 15.5. The third-order valence-electron chi connectivity index (χ3n) is 2.35. The normalized spacial score (nSPS) is 13.0. The van der Waals surface area contributed by atoms with Gasteiger partial charge in [0.25, 0.3) is 5.63 Å². The van der Waals surface area contributed by atoms with Gasteiger partial charge in [-0.1, -0.05) is 23.2 Å². The van der Waals surface area contributed by atoms with Gasteiger partial charge in [-0.05, 0) is 24.3 Å². The molecule has 0 saturated carbocycles. The Morgan fingerprint density at radius 1 is 1.33 bits per heavy atom. The van der Waals surface area contributed by atoms with Crippen LogP contribution in [0.3, 0.4) is 0 Å². The van der Waals surface area contributed by atoms with Gasteiger partial charge >= 0.3 is 6.11 Å². The Hall–Kier alpha value is -1.18. The molecule has 1 aromatic heterocycles. The first-order valence-electron chi connectivity index (χ1n) is 5.66. The summed E-state index contributed by atoms with van der Waals surface area (Å²) in [5.74, 6) is -0.185. The largest absolute Gasteiger partial charge is 0.444 e. The van der Waals surface area contributed by atoms with Gasteiger partial charge < -0.3 is 10.1 Å². The van der Waals surface area contributed by atoms with Crippen molar-refractivity contribution < 1.29 is 17.9 Å². The Morgan fingerprint density at radius 2 is 2.00 bits per heavy atom. The average molecular weight is 357 g/mol. The number of hydrogen-bond acceptors (Lipinski definition) is 4. The second-order valence-corrected chi connectivity index (χ2v) is 6.00. The number of aromatic nitrogens is 1. The molecule has 1 aromatic carbocycles. The van der Waals surface area contributed by atoms with Crippen molar-refractivity contribution in [2.45, 2.75) is 18.3 Å². The Balaban J connectivity index is 1.93. The fourth-order valence-electron chi connectivity index (χ4n) is 1.40. The maximum Gasteiger partial charge on any atom is 0.444 e. The molecule has 21 heavy (non-hydrogen) atoms. The molecule has 0 radical (unpaired) electrons. The SMILES string of the molecule is FC(Cl)C(F)(F)Oc1ccc(NCc2cnc(Cl)s2)cc1. The number of rotatable bonds is 6. The van der Waals surface area contributed by atoms with Crippen LogP contribution in [0.15, 0.2) is 30.5 Å². The van der Waals surface area contributed by atoms with Gasteiger partial charge in [0.2, 0.25) is 0 Å². The van der Waals surface area contributed by atoms with Gasteiger partial charge in [0, 0.05) is 16.8 Å². The Bertz CT molecular complexity index is 592. The van der Waals surface area contributed by atoms with Crippen molar-refractivity contribution in [3.8, 4) is 5.75 Å². The van der Waals surface area contributed by atoms with Crippen molar-refractivity contribution in [1.82, 2.24) is 4.98 Å². The minimum Gasteiger partial charge on any atom is -0.429 e. The van der Waals surface area contributed by atoms with Crippen LogP contribution in [0, 0.1) is 0 Å². The van der Waals surface area contributed by atoms with Crippen LogP contribution >= 0.6 is 34.5 Å². The van der Waals surface area contributed by atoms with Gasteiger partial charge in [0.1, 0.15) is 5.75 Å². The smallest absolute Gasteiger partial charge is 0.429 e. The first kappa shape index (κ1) is 16.2. The van der Waals surface area contributed by atoms with Crippen LogP contribution in [0.4, 0.5) is 18.9 Å². The zero-order valence-corrected chi connectivity index (χ0v) is 12.7. The standard InChI is InChI=1S/C12H9Cl2F3N2OS/c13-10(15)12(16,17)20-8-3-1-7(2-4-8)18-5-9-6-19-11(14)21-9/h1-4,6,10,18H,5H2. The summed E-state index contributed by atoms with van der Waals surface area (Å²) in [6, 6.07) is 5.62. The summed E-state index contributed by atoms with van der Waals surface area (Å²) < 4.78 is 42.9. The molecule has 1 heterocycles. The second kappa shape index (κ2) is 6.72. The zero-order valence-electron chi connectivity index (χ0n) is 10.3. The van der Waals surface area contributed by atoms with E-state index in [1.165, 1.54) is 35.6 Å². The number of nitrogens with one attached hydrogen (secondary N) is 1. The summed E-state index contributed by atoms with van der Waals surface area (Å²) in [7, 11) is 0. The molecule has 0 aliphatic carbocycles. The molecule has 0 fully saturated rings. The summed E-state index contributed by atoms with van der Waals surface area (Å²) in [6.07, 6.45) is -2.43. The highest BCUT2D eigenvalue weighted by Gasteiger charge is 2.42. The predicted molar refractivity (Wildman–Crippen MR) is 77.2 cm³/mol. The quantitative estimate of drug-likeness (QED) is 0.746. The van der Waals surface area contributed by atoms with Gasteiger partial charge in [0.15, 0.2) is 4.47 Å². The number of ether oxygens (including phenoxy) is 1. The molecule has 0 bridgehead atoms. The molecule has 1 unspecified atom stereocenters. The van der Waals surface area contributed by atoms with Crippen LogP contribution in [0.25, 0.3) is 0 Å². The molecule has 0 spiro atoms. The summed E-state index contributed by atoms with van der Waals surface area (Å²) in [4.78, 5) is 4.82. The fourth-order valence-corrected chi connectivity index (χ4v) is 2.36. The summed E-state index contributed by atoms with van der Waals surface area (Å²) in [5.41, 5.74) is -2.23. The lowest BCUT2D eigenvalue weighted by molar-refractivity contribution is -0.199. The average Bonchev–Trinajstić information content (AvgIpc) is 2.83. The molecule has 1 N–H and O–H groups in total. The van der Waals surface area contributed by atoms with Crippen molar-refractivity contribution >= 4 is 40.2 Å². The van der Waals surface area contributed by atoms with E-state index in [0.717, 1.165) is 4.88 Å². The maximum absolute atomic E-state index is 12.9. The lowest BCUT2D eigenvalue weighted by atomic mass is 10.3. The molecular formula is C12H9Cl2F3N2OS. The molecular weight excluding hydrogens is 348 g/mol. The van der Waals surface area contributed by atoms with Gasteiger partial charge in [-0.2, -0.15) is 8.78 Å². The van der Waals surface area contributed by atoms with Crippen LogP contribution < -0.4 is 10.1 Å². The van der Waals surface area contributed by atoms with Crippen LogP contribution in [0.5, 0.6) is 5.75 Å². The number of nitrogens with zero attached hydrogens (tertiary/aromatic N) is 1. The van der Waals surface area contributed by atoms with Crippen molar-refractivity contribution in [1.29, 1.82) is 0 Å². The maximum atomic E-state index is 12.9. The van der Waals surface area contributed by atoms with E-state index in [0.29, 0.717) is 16.7 Å². The van der Waals surface area contributed by atoms with E-state index in [2.05, 4.69) is 15.0 Å². The number of thiazole rings is 1. The molecule has 0 amide bonds. The first-order chi connectivity index (χ1) is 9.87. The Labute approximate surface area is 132 Å². The predicted octanol–water partition coefficient (Wildman–Crippen LogP) is 4.91. The topological polar surface area (TPSA) is 34.1 Å². The van der Waals surface area contributed by atoms with Gasteiger partial charge in [0.05, 0.1) is 6.54 Å². The van der Waals surface area contributed by atoms with Gasteiger partial charge in [-0.25, -0.2) is 9.37 Å². The van der Waals surface area contributed by atoms with Crippen molar-refractivity contribution in [2.24, 2.45) is 0 Å². The molecule has 2 rings (SSSR count). The third kappa shape index (κ3) is 4.66. The van der Waals surface area contributed by atoms with Crippen LogP contribution in [-0.2, 0) is 6.54 Å². The molecule has 0 aliphatic heterocycles. The van der Waals surface area contributed by atoms with E-state index in [1.807, 2.05) is 0 Å². The van der Waals surface area contributed by atoms with E-state index in [1.54, 1.807) is 6.20 Å². The number of benzene rings is 1. The summed E-state index contributed by atoms with van der Waals surface area (Å²) >= 11 is 11.7. The Kier molecular flexibility index (Phi) is 5.18. The highest BCUT2D eigenvalue weighted by molar-refractivity contribution is 7.15. The van der Waals surface area contributed by atoms with Crippen LogP contribution in [0.1, 0.15) is 4.88 Å². The van der Waals surface area contributed by atoms with E-state index in [9.17, 15) is 13.2 Å². The third-order valence-corrected chi connectivity index (χ3v) is 3.72. The molecule has 0 saturated heterocycles. The molecule has 114 valence electrons. The van der Waals surface area contributed by atoms with Crippen molar-refractivity contribution in [2.75, 3.05) is 5.32 Å². The lowest BCUT2D eigenvalue weighted by Crippen LogP contribution is -2.32. The van der Waals surface area contributed by atoms with Crippen molar-refractivity contribution in [3.63, 3.8) is 0 Å². The minimum absolute atomic E-state index is 0.185. The molecule has 9 heteroatoms. The highest BCUT2D eigenvalue weighted by atomic mass is 35.5. The summed E-state index contributed by atoms with van der Waals surface area (Å²) in [5, 5.41) is 3.06. The first-order valence-corrected chi connectivity index (χ1v) is 7.29. The lowest BCUT2D eigenvalue weighted by Gasteiger charge is -2.17. The number of alkyl halides is 4. The molecule has 3 nitrogen and oxygen atoms in total. The molecule has 0 aliphatic rings. The summed E-state index contributed by atoms with van der Waals surface area (Å²) in [6.45, 7) is 0.495. The molecule has 1 atom stereocenters. The molecule has 2 aromatic rings. The minimum atomic E-state index is -4.07. The fraction of sp³-hybridized carbons (Fsp3) is 0.250. The second-order valence-electron chi connectivity index (χ2n) is 3.92. The number of halogens is 5.